The fraction of sp³-hybridized carbons (Fsp3) is 0.478. The molecule has 2 amide bonds. The number of piperidine rings is 1. The molecule has 3 atom stereocenters. The molecule has 1 fully saturated rings. The Kier molecular flexibility index (Phi) is 5.56. The van der Waals surface area contributed by atoms with Crippen LogP contribution in [-0.4, -0.2) is 33.9 Å². The summed E-state index contributed by atoms with van der Waals surface area (Å²) >= 11 is 0. The fourth-order valence-electron chi connectivity index (χ4n) is 4.72. The van der Waals surface area contributed by atoms with Crippen molar-refractivity contribution in [3.05, 3.63) is 45.2 Å². The van der Waals surface area contributed by atoms with Gasteiger partial charge in [0.05, 0.1) is 11.5 Å². The molecule has 3 unspecified atom stereocenters. The van der Waals surface area contributed by atoms with Gasteiger partial charge < -0.3 is 15.5 Å². The molecule has 31 heavy (non-hydrogen) atoms. The normalized spacial score (nSPS) is 23.2. The van der Waals surface area contributed by atoms with Crippen LogP contribution < -0.4 is 21.1 Å². The van der Waals surface area contributed by atoms with Gasteiger partial charge >= 0.3 is 0 Å². The van der Waals surface area contributed by atoms with Crippen molar-refractivity contribution < 1.29 is 9.59 Å². The number of H-pyrrole nitrogens is 1. The first-order chi connectivity index (χ1) is 14.7. The summed E-state index contributed by atoms with van der Waals surface area (Å²) in [6.45, 7) is 8.10. The summed E-state index contributed by atoms with van der Waals surface area (Å²) in [4.78, 5) is 48.1. The molecule has 2 aliphatic heterocycles. The monoisotopic (exact) mass is 423 g/mol. The van der Waals surface area contributed by atoms with Gasteiger partial charge in [-0.3, -0.25) is 19.4 Å². The van der Waals surface area contributed by atoms with Crippen molar-refractivity contribution in [3.63, 3.8) is 0 Å². The van der Waals surface area contributed by atoms with Crippen LogP contribution in [0.4, 0.5) is 17.5 Å². The van der Waals surface area contributed by atoms with Crippen molar-refractivity contribution in [3.8, 4) is 0 Å². The zero-order valence-corrected chi connectivity index (χ0v) is 18.4. The Labute approximate surface area is 181 Å². The molecule has 0 bridgehead atoms. The van der Waals surface area contributed by atoms with Crippen molar-refractivity contribution >= 4 is 29.3 Å². The second-order valence-electron chi connectivity index (χ2n) is 8.80. The second-order valence-corrected chi connectivity index (χ2v) is 8.80. The standard InChI is InChI=1S/C23H29N5O3/c1-12-8-9-17(13(2)10-12)24-21(30)16-11-18(29)25-20-19(16)22(31)27-23(26-20)28-14(3)6-5-7-15(28)4/h8-10,14-16H,5-7,11H2,1-4H3,(H,24,30)(H2,25,26,27,29,31). The number of hydrogen-bond acceptors (Lipinski definition) is 5. The van der Waals surface area contributed by atoms with Crippen LogP contribution in [0.2, 0.25) is 0 Å². The third-order valence-electron chi connectivity index (χ3n) is 6.33. The zero-order chi connectivity index (χ0) is 22.3. The van der Waals surface area contributed by atoms with E-state index >= 15 is 0 Å². The lowest BCUT2D eigenvalue weighted by Crippen LogP contribution is -2.46. The van der Waals surface area contributed by atoms with Crippen molar-refractivity contribution in [2.45, 2.75) is 71.4 Å². The summed E-state index contributed by atoms with van der Waals surface area (Å²) in [5.74, 6) is -0.981. The summed E-state index contributed by atoms with van der Waals surface area (Å²) in [6, 6.07) is 6.17. The molecule has 1 saturated heterocycles. The lowest BCUT2D eigenvalue weighted by Gasteiger charge is -2.39. The predicted molar refractivity (Wildman–Crippen MR) is 121 cm³/mol. The van der Waals surface area contributed by atoms with Gasteiger partial charge in [-0.05, 0) is 58.6 Å². The fourth-order valence-corrected chi connectivity index (χ4v) is 4.72. The van der Waals surface area contributed by atoms with Gasteiger partial charge in [0, 0.05) is 24.2 Å². The molecule has 8 nitrogen and oxygen atoms in total. The molecular formula is C23H29N5O3. The first kappa shape index (κ1) is 21.1. The van der Waals surface area contributed by atoms with Gasteiger partial charge in [0.15, 0.2) is 0 Å². The highest BCUT2D eigenvalue weighted by Gasteiger charge is 2.36. The van der Waals surface area contributed by atoms with Crippen molar-refractivity contribution in [2.24, 2.45) is 0 Å². The SMILES string of the molecule is Cc1ccc(NC(=O)C2CC(=O)Nc3nc(N4C(C)CCCC4C)[nH]c(=O)c32)c(C)c1. The Bertz CT molecular complexity index is 1080. The highest BCUT2D eigenvalue weighted by atomic mass is 16.2. The van der Waals surface area contributed by atoms with Gasteiger partial charge in [-0.1, -0.05) is 17.7 Å². The van der Waals surface area contributed by atoms with Crippen LogP contribution in [0.3, 0.4) is 0 Å². The lowest BCUT2D eigenvalue weighted by molar-refractivity contribution is -0.123. The molecule has 0 saturated carbocycles. The number of anilines is 3. The molecule has 0 aliphatic carbocycles. The van der Waals surface area contributed by atoms with Crippen molar-refractivity contribution in [1.82, 2.24) is 9.97 Å². The van der Waals surface area contributed by atoms with E-state index in [4.69, 9.17) is 0 Å². The van der Waals surface area contributed by atoms with Gasteiger partial charge in [-0.25, -0.2) is 0 Å². The largest absolute Gasteiger partial charge is 0.337 e. The van der Waals surface area contributed by atoms with Gasteiger partial charge in [0.2, 0.25) is 17.8 Å². The Morgan fingerprint density at radius 1 is 1.16 bits per heavy atom. The van der Waals surface area contributed by atoms with E-state index in [2.05, 4.69) is 39.3 Å². The molecular weight excluding hydrogens is 394 g/mol. The van der Waals surface area contributed by atoms with Crippen LogP contribution >= 0.6 is 0 Å². The minimum Gasteiger partial charge on any atom is -0.337 e. The Hall–Kier alpha value is -3.16. The molecule has 8 heteroatoms. The zero-order valence-electron chi connectivity index (χ0n) is 18.4. The third-order valence-corrected chi connectivity index (χ3v) is 6.33. The lowest BCUT2D eigenvalue weighted by atomic mass is 9.92. The van der Waals surface area contributed by atoms with Gasteiger partial charge in [0.1, 0.15) is 5.82 Å². The van der Waals surface area contributed by atoms with E-state index < -0.39 is 5.92 Å². The quantitative estimate of drug-likeness (QED) is 0.703. The minimum absolute atomic E-state index is 0.0929. The molecule has 1 aromatic carbocycles. The number of benzene rings is 1. The number of aromatic nitrogens is 2. The molecule has 2 aromatic rings. The predicted octanol–water partition coefficient (Wildman–Crippen LogP) is 3.22. The summed E-state index contributed by atoms with van der Waals surface area (Å²) in [5, 5.41) is 5.58. The number of fused-ring (bicyclic) bond motifs is 1. The maximum absolute atomic E-state index is 13.1. The average molecular weight is 424 g/mol. The number of nitrogens with one attached hydrogen (secondary N) is 3. The molecule has 0 spiro atoms. The van der Waals surface area contributed by atoms with Crippen LogP contribution in [0, 0.1) is 13.8 Å². The molecule has 3 heterocycles. The molecule has 0 radical (unpaired) electrons. The van der Waals surface area contributed by atoms with Gasteiger partial charge in [-0.15, -0.1) is 0 Å². The molecule has 164 valence electrons. The second kappa shape index (κ2) is 8.17. The van der Waals surface area contributed by atoms with E-state index in [0.717, 1.165) is 30.4 Å². The van der Waals surface area contributed by atoms with E-state index in [1.54, 1.807) is 0 Å². The maximum Gasteiger partial charge on any atom is 0.258 e. The first-order valence-corrected chi connectivity index (χ1v) is 10.8. The van der Waals surface area contributed by atoms with E-state index in [1.165, 1.54) is 0 Å². The van der Waals surface area contributed by atoms with E-state index in [1.807, 2.05) is 32.0 Å². The summed E-state index contributed by atoms with van der Waals surface area (Å²) in [6.07, 6.45) is 3.06. The Morgan fingerprint density at radius 2 is 1.87 bits per heavy atom. The Balaban J connectivity index is 1.68. The van der Waals surface area contributed by atoms with Crippen LogP contribution in [0.5, 0.6) is 0 Å². The van der Waals surface area contributed by atoms with E-state index in [0.29, 0.717) is 11.6 Å². The van der Waals surface area contributed by atoms with Crippen LogP contribution in [0.25, 0.3) is 0 Å². The summed E-state index contributed by atoms with van der Waals surface area (Å²) in [5.41, 5.74) is 2.50. The average Bonchev–Trinajstić information content (AvgIpc) is 2.69. The Morgan fingerprint density at radius 3 is 2.55 bits per heavy atom. The number of aromatic amines is 1. The van der Waals surface area contributed by atoms with Crippen molar-refractivity contribution in [1.29, 1.82) is 0 Å². The smallest absolute Gasteiger partial charge is 0.258 e. The number of aryl methyl sites for hydroxylation is 2. The number of amides is 2. The highest BCUT2D eigenvalue weighted by molar-refractivity contribution is 6.04. The summed E-state index contributed by atoms with van der Waals surface area (Å²) in [7, 11) is 0. The van der Waals surface area contributed by atoms with Crippen molar-refractivity contribution in [2.75, 3.05) is 15.5 Å². The number of hydrogen-bond donors (Lipinski definition) is 3. The minimum atomic E-state index is -0.897. The highest BCUT2D eigenvalue weighted by Crippen LogP contribution is 2.32. The topological polar surface area (TPSA) is 107 Å². The number of carbonyl (C=O) groups is 2. The number of rotatable bonds is 3. The number of carbonyl (C=O) groups excluding carboxylic acids is 2. The van der Waals surface area contributed by atoms with Gasteiger partial charge in [0.25, 0.3) is 5.56 Å². The molecule has 2 aliphatic rings. The summed E-state index contributed by atoms with van der Waals surface area (Å²) < 4.78 is 0. The van der Waals surface area contributed by atoms with Crippen LogP contribution in [0.15, 0.2) is 23.0 Å². The van der Waals surface area contributed by atoms with E-state index in [-0.39, 0.29) is 47.3 Å². The molecule has 1 aromatic heterocycles. The maximum atomic E-state index is 13.1. The molecule has 4 rings (SSSR count). The molecule has 3 N–H and O–H groups in total. The first-order valence-electron chi connectivity index (χ1n) is 10.8. The number of nitrogens with zero attached hydrogens (tertiary/aromatic N) is 2. The third kappa shape index (κ3) is 4.06. The van der Waals surface area contributed by atoms with Crippen LogP contribution in [0.1, 0.15) is 62.1 Å². The van der Waals surface area contributed by atoms with Crippen LogP contribution in [-0.2, 0) is 9.59 Å². The van der Waals surface area contributed by atoms with Gasteiger partial charge in [-0.2, -0.15) is 4.98 Å². The van der Waals surface area contributed by atoms with E-state index in [9.17, 15) is 14.4 Å².